The molecule has 3 rings (SSSR count). The van der Waals surface area contributed by atoms with Gasteiger partial charge in [-0.2, -0.15) is 5.26 Å². The number of thioether (sulfide) groups is 1. The van der Waals surface area contributed by atoms with Crippen molar-refractivity contribution in [2.45, 2.75) is 49.8 Å². The lowest BCUT2D eigenvalue weighted by atomic mass is 10.2. The summed E-state index contributed by atoms with van der Waals surface area (Å²) in [7, 11) is 0. The Morgan fingerprint density at radius 3 is 3.00 bits per heavy atom. The van der Waals surface area contributed by atoms with Gasteiger partial charge in [-0.15, -0.1) is 11.3 Å². The van der Waals surface area contributed by atoms with Gasteiger partial charge in [0.1, 0.15) is 11.1 Å². The molecule has 1 atom stereocenters. The molecule has 0 spiro atoms. The Hall–Kier alpha value is -2.44. The molecule has 2 heterocycles. The van der Waals surface area contributed by atoms with Crippen LogP contribution in [-0.2, 0) is 33.6 Å². The monoisotopic (exact) mass is 416 g/mol. The number of aryl methyl sites for hydroxylation is 2. The second-order valence-electron chi connectivity index (χ2n) is 6.29. The van der Waals surface area contributed by atoms with Crippen molar-refractivity contribution >= 4 is 40.1 Å². The lowest BCUT2D eigenvalue weighted by Gasteiger charge is -2.12. The van der Waals surface area contributed by atoms with Gasteiger partial charge < -0.3 is 10.1 Å². The van der Waals surface area contributed by atoms with Gasteiger partial charge in [0.15, 0.2) is 5.13 Å². The van der Waals surface area contributed by atoms with E-state index in [0.29, 0.717) is 28.0 Å². The predicted molar refractivity (Wildman–Crippen MR) is 107 cm³/mol. The number of nitrogens with one attached hydrogen (secondary N) is 1. The van der Waals surface area contributed by atoms with Gasteiger partial charge in [-0.05, 0) is 44.7 Å². The molecule has 1 aliphatic carbocycles. The summed E-state index contributed by atoms with van der Waals surface area (Å²) in [6, 6.07) is 4.08. The third-order valence-electron chi connectivity index (χ3n) is 4.21. The molecule has 0 aromatic carbocycles. The molecule has 0 bridgehead atoms. The Morgan fingerprint density at radius 2 is 2.25 bits per heavy atom. The molecule has 2 aromatic heterocycles. The van der Waals surface area contributed by atoms with Crippen molar-refractivity contribution in [2.75, 3.05) is 11.9 Å². The Balaban J connectivity index is 1.62. The van der Waals surface area contributed by atoms with Gasteiger partial charge in [0.2, 0.25) is 5.91 Å². The SMILES string of the molecule is CCOC(=O)Cc1csc(NC(=O)C(C)Sc2nc3c(cc2C#N)CCC3)n1. The lowest BCUT2D eigenvalue weighted by Crippen LogP contribution is -2.22. The molecule has 7 nitrogen and oxygen atoms in total. The summed E-state index contributed by atoms with van der Waals surface area (Å²) < 4.78 is 4.90. The third kappa shape index (κ3) is 4.88. The van der Waals surface area contributed by atoms with Crippen LogP contribution in [0, 0.1) is 11.3 Å². The van der Waals surface area contributed by atoms with Crippen molar-refractivity contribution < 1.29 is 14.3 Å². The third-order valence-corrected chi connectivity index (χ3v) is 6.12. The fourth-order valence-corrected chi connectivity index (χ4v) is 4.46. The number of thiazole rings is 1. The van der Waals surface area contributed by atoms with E-state index >= 15 is 0 Å². The van der Waals surface area contributed by atoms with Gasteiger partial charge in [-0.3, -0.25) is 9.59 Å². The van der Waals surface area contributed by atoms with Crippen LogP contribution in [0.25, 0.3) is 0 Å². The highest BCUT2D eigenvalue weighted by Gasteiger charge is 2.22. The average molecular weight is 417 g/mol. The summed E-state index contributed by atoms with van der Waals surface area (Å²) in [5, 5.41) is 14.5. The highest BCUT2D eigenvalue weighted by atomic mass is 32.2. The maximum Gasteiger partial charge on any atom is 0.311 e. The molecular weight excluding hydrogens is 396 g/mol. The van der Waals surface area contributed by atoms with Crippen LogP contribution in [0.4, 0.5) is 5.13 Å². The number of nitrogens with zero attached hydrogens (tertiary/aromatic N) is 3. The fourth-order valence-electron chi connectivity index (χ4n) is 2.86. The number of ether oxygens (including phenoxy) is 1. The molecular formula is C19H20N4O3S2. The first-order chi connectivity index (χ1) is 13.5. The zero-order chi connectivity index (χ0) is 20.1. The number of aromatic nitrogens is 2. The maximum absolute atomic E-state index is 12.5. The number of anilines is 1. The number of amides is 1. The number of esters is 1. The summed E-state index contributed by atoms with van der Waals surface area (Å²) in [6.07, 6.45) is 3.00. The predicted octanol–water partition coefficient (Wildman–Crippen LogP) is 3.12. The van der Waals surface area contributed by atoms with Crippen LogP contribution in [0.1, 0.15) is 42.8 Å². The highest BCUT2D eigenvalue weighted by Crippen LogP contribution is 2.30. The topological polar surface area (TPSA) is 105 Å². The minimum Gasteiger partial charge on any atom is -0.466 e. The summed E-state index contributed by atoms with van der Waals surface area (Å²) >= 11 is 2.53. The molecule has 2 aromatic rings. The Bertz CT molecular complexity index is 936. The van der Waals surface area contributed by atoms with E-state index in [1.807, 2.05) is 6.07 Å². The molecule has 146 valence electrons. The standard InChI is InChI=1S/C19H20N4O3S2/c1-3-26-16(24)8-14-10-27-19(21-14)23-17(25)11(2)28-18-13(9-20)7-12-5-4-6-15(12)22-18/h7,10-11H,3-6,8H2,1-2H3,(H,21,23,25). The van der Waals surface area contributed by atoms with Crippen LogP contribution < -0.4 is 5.32 Å². The van der Waals surface area contributed by atoms with E-state index in [-0.39, 0.29) is 18.3 Å². The van der Waals surface area contributed by atoms with Crippen LogP contribution in [0.3, 0.4) is 0 Å². The average Bonchev–Trinajstić information content (AvgIpc) is 3.29. The van der Waals surface area contributed by atoms with Crippen LogP contribution in [0.5, 0.6) is 0 Å². The second kappa shape index (κ2) is 9.17. The molecule has 0 saturated carbocycles. The van der Waals surface area contributed by atoms with Crippen molar-refractivity contribution in [1.29, 1.82) is 5.26 Å². The number of hydrogen-bond acceptors (Lipinski definition) is 8. The van der Waals surface area contributed by atoms with Crippen molar-refractivity contribution in [1.82, 2.24) is 9.97 Å². The molecule has 1 unspecified atom stereocenters. The van der Waals surface area contributed by atoms with Gasteiger partial charge in [-0.25, -0.2) is 9.97 Å². The van der Waals surface area contributed by atoms with Crippen LogP contribution >= 0.6 is 23.1 Å². The van der Waals surface area contributed by atoms with E-state index in [1.54, 1.807) is 19.2 Å². The number of carbonyl (C=O) groups is 2. The fraction of sp³-hybridized carbons (Fsp3) is 0.421. The minimum atomic E-state index is -0.448. The number of nitriles is 1. The molecule has 28 heavy (non-hydrogen) atoms. The molecule has 0 fully saturated rings. The summed E-state index contributed by atoms with van der Waals surface area (Å²) in [6.45, 7) is 3.84. The number of hydrogen-bond donors (Lipinski definition) is 1. The summed E-state index contributed by atoms with van der Waals surface area (Å²) in [5.74, 6) is -0.574. The van der Waals surface area contributed by atoms with E-state index in [0.717, 1.165) is 30.5 Å². The zero-order valence-corrected chi connectivity index (χ0v) is 17.3. The number of carbonyl (C=O) groups excluding carboxylic acids is 2. The van der Waals surface area contributed by atoms with Crippen LogP contribution in [0.2, 0.25) is 0 Å². The van der Waals surface area contributed by atoms with Gasteiger partial charge in [0, 0.05) is 11.1 Å². The van der Waals surface area contributed by atoms with Gasteiger partial charge in [0.25, 0.3) is 0 Å². The van der Waals surface area contributed by atoms with Crippen LogP contribution in [0.15, 0.2) is 16.5 Å². The van der Waals surface area contributed by atoms with Crippen molar-refractivity contribution in [2.24, 2.45) is 0 Å². The van der Waals surface area contributed by atoms with E-state index < -0.39 is 5.25 Å². The number of rotatable bonds is 7. The largest absolute Gasteiger partial charge is 0.466 e. The minimum absolute atomic E-state index is 0.0785. The first kappa shape index (κ1) is 20.3. The van der Waals surface area contributed by atoms with E-state index in [1.165, 1.54) is 23.1 Å². The van der Waals surface area contributed by atoms with Crippen molar-refractivity contribution in [3.63, 3.8) is 0 Å². The van der Waals surface area contributed by atoms with Crippen molar-refractivity contribution in [3.05, 3.63) is 34.0 Å². The van der Waals surface area contributed by atoms with Gasteiger partial charge in [-0.1, -0.05) is 11.8 Å². The Morgan fingerprint density at radius 1 is 1.43 bits per heavy atom. The van der Waals surface area contributed by atoms with E-state index in [4.69, 9.17) is 4.74 Å². The first-order valence-electron chi connectivity index (χ1n) is 9.00. The second-order valence-corrected chi connectivity index (χ2v) is 8.47. The van der Waals surface area contributed by atoms with Crippen LogP contribution in [-0.4, -0.2) is 33.7 Å². The molecule has 0 radical (unpaired) electrons. The molecule has 0 aliphatic heterocycles. The quantitative estimate of drug-likeness (QED) is 0.546. The smallest absolute Gasteiger partial charge is 0.311 e. The van der Waals surface area contributed by atoms with E-state index in [9.17, 15) is 14.9 Å². The highest BCUT2D eigenvalue weighted by molar-refractivity contribution is 8.00. The zero-order valence-electron chi connectivity index (χ0n) is 15.7. The molecule has 1 amide bonds. The number of pyridine rings is 1. The molecule has 0 saturated heterocycles. The van der Waals surface area contributed by atoms with Gasteiger partial charge >= 0.3 is 5.97 Å². The van der Waals surface area contributed by atoms with E-state index in [2.05, 4.69) is 21.4 Å². The Kier molecular flexibility index (Phi) is 6.65. The maximum atomic E-state index is 12.5. The van der Waals surface area contributed by atoms with Gasteiger partial charge in [0.05, 0.1) is 29.5 Å². The lowest BCUT2D eigenvalue weighted by molar-refractivity contribution is -0.142. The first-order valence-corrected chi connectivity index (χ1v) is 10.8. The van der Waals surface area contributed by atoms with Crippen molar-refractivity contribution in [3.8, 4) is 6.07 Å². The molecule has 1 aliphatic rings. The summed E-state index contributed by atoms with van der Waals surface area (Å²) in [4.78, 5) is 32.9. The summed E-state index contributed by atoms with van der Waals surface area (Å²) in [5.41, 5.74) is 3.23. The normalized spacial score (nSPS) is 13.5. The number of fused-ring (bicyclic) bond motifs is 1. The molecule has 1 N–H and O–H groups in total. The molecule has 9 heteroatoms. The Labute approximate surface area is 171 Å².